The Kier molecular flexibility index (Phi) is 3.91. The van der Waals surface area contributed by atoms with E-state index in [1.165, 1.54) is 24.5 Å². The van der Waals surface area contributed by atoms with E-state index in [9.17, 15) is 13.5 Å². The maximum Gasteiger partial charge on any atom is 0.241 e. The monoisotopic (exact) mass is 297 g/mol. The average Bonchev–Trinajstić information content (AvgIpc) is 2.87. The predicted octanol–water partition coefficient (Wildman–Crippen LogP) is 0.0643. The van der Waals surface area contributed by atoms with Gasteiger partial charge in [0.1, 0.15) is 17.9 Å². The number of aromatic nitrogens is 3. The number of phenolic OH excluding ortho intramolecular Hbond substituents is 1. The summed E-state index contributed by atoms with van der Waals surface area (Å²) in [7, 11) is -3.72. The zero-order valence-electron chi connectivity index (χ0n) is 10.8. The summed E-state index contributed by atoms with van der Waals surface area (Å²) in [6, 6.07) is 3.71. The number of aryl methyl sites for hydroxylation is 1. The Morgan fingerprint density at radius 2 is 2.20 bits per heavy atom. The number of phenols is 1. The topological polar surface area (TPSA) is 123 Å². The van der Waals surface area contributed by atoms with Crippen molar-refractivity contribution in [1.82, 2.24) is 19.5 Å². The van der Waals surface area contributed by atoms with Gasteiger partial charge in [-0.15, -0.1) is 10.2 Å². The van der Waals surface area contributed by atoms with Gasteiger partial charge in [0.2, 0.25) is 10.0 Å². The number of sulfonamides is 1. The lowest BCUT2D eigenvalue weighted by molar-refractivity contribution is 0.477. The second-order valence-corrected chi connectivity index (χ2v) is 5.85. The predicted molar refractivity (Wildman–Crippen MR) is 72.2 cm³/mol. The third-order valence-corrected chi connectivity index (χ3v) is 4.16. The van der Waals surface area contributed by atoms with E-state index in [-0.39, 0.29) is 22.9 Å². The summed E-state index contributed by atoms with van der Waals surface area (Å²) in [6.45, 7) is 2.58. The average molecular weight is 297 g/mol. The Labute approximate surface area is 116 Å². The molecule has 2 aromatic rings. The van der Waals surface area contributed by atoms with Crippen LogP contribution in [0.1, 0.15) is 12.7 Å². The fourth-order valence-corrected chi connectivity index (χ4v) is 2.64. The summed E-state index contributed by atoms with van der Waals surface area (Å²) in [5.41, 5.74) is 5.49. The molecule has 0 bridgehead atoms. The molecule has 8 nitrogen and oxygen atoms in total. The van der Waals surface area contributed by atoms with Crippen LogP contribution in [0.25, 0.3) is 0 Å². The Bertz CT molecular complexity index is 711. The number of benzene rings is 1. The number of nitrogen functional groups attached to an aromatic ring is 1. The van der Waals surface area contributed by atoms with Gasteiger partial charge in [-0.3, -0.25) is 0 Å². The Morgan fingerprint density at radius 3 is 2.85 bits per heavy atom. The molecular formula is C11H15N5O3S. The molecule has 0 aliphatic heterocycles. The van der Waals surface area contributed by atoms with Crippen LogP contribution in [0.15, 0.2) is 29.4 Å². The fourth-order valence-electron chi connectivity index (χ4n) is 1.62. The molecule has 0 radical (unpaired) electrons. The van der Waals surface area contributed by atoms with E-state index in [0.717, 1.165) is 0 Å². The molecule has 0 saturated heterocycles. The molecule has 108 valence electrons. The van der Waals surface area contributed by atoms with Crippen molar-refractivity contribution < 1.29 is 13.5 Å². The van der Waals surface area contributed by atoms with Gasteiger partial charge in [-0.05, 0) is 25.1 Å². The lowest BCUT2D eigenvalue weighted by Gasteiger charge is -2.08. The van der Waals surface area contributed by atoms with Gasteiger partial charge in [0.15, 0.2) is 0 Å². The molecule has 0 atom stereocenters. The van der Waals surface area contributed by atoms with Crippen LogP contribution in [0.3, 0.4) is 0 Å². The molecule has 0 aliphatic rings. The summed E-state index contributed by atoms with van der Waals surface area (Å²) >= 11 is 0. The normalized spacial score (nSPS) is 11.7. The van der Waals surface area contributed by atoms with Gasteiger partial charge in [0.05, 0.1) is 17.1 Å². The quantitative estimate of drug-likeness (QED) is 0.530. The van der Waals surface area contributed by atoms with Crippen molar-refractivity contribution in [3.8, 4) is 5.75 Å². The van der Waals surface area contributed by atoms with Crippen molar-refractivity contribution in [1.29, 1.82) is 0 Å². The number of nitrogens with zero attached hydrogens (tertiary/aromatic N) is 3. The third-order valence-electron chi connectivity index (χ3n) is 2.77. The first-order valence-electron chi connectivity index (χ1n) is 5.89. The molecule has 0 saturated carbocycles. The highest BCUT2D eigenvalue weighted by Gasteiger charge is 2.16. The third kappa shape index (κ3) is 2.89. The van der Waals surface area contributed by atoms with Gasteiger partial charge >= 0.3 is 0 Å². The molecule has 2 rings (SSSR count). The van der Waals surface area contributed by atoms with E-state index in [1.807, 2.05) is 6.92 Å². The van der Waals surface area contributed by atoms with E-state index in [2.05, 4.69) is 14.9 Å². The molecule has 1 heterocycles. The minimum atomic E-state index is -3.72. The van der Waals surface area contributed by atoms with Crippen molar-refractivity contribution in [2.24, 2.45) is 0 Å². The second kappa shape index (κ2) is 5.47. The molecule has 9 heteroatoms. The summed E-state index contributed by atoms with van der Waals surface area (Å²) in [6.07, 6.45) is 1.53. The Morgan fingerprint density at radius 1 is 1.45 bits per heavy atom. The van der Waals surface area contributed by atoms with Gasteiger partial charge in [-0.1, -0.05) is 0 Å². The molecule has 20 heavy (non-hydrogen) atoms. The largest absolute Gasteiger partial charge is 0.506 e. The van der Waals surface area contributed by atoms with Crippen molar-refractivity contribution in [3.63, 3.8) is 0 Å². The van der Waals surface area contributed by atoms with Crippen LogP contribution in [0.2, 0.25) is 0 Å². The standard InChI is InChI=1S/C11H15N5O3S/c1-2-16-7-13-15-11(16)6-14-20(18,19)8-3-4-10(17)9(12)5-8/h3-5,7,14,17H,2,6,12H2,1H3. The van der Waals surface area contributed by atoms with Crippen LogP contribution in [0.5, 0.6) is 5.75 Å². The van der Waals surface area contributed by atoms with Crippen LogP contribution >= 0.6 is 0 Å². The van der Waals surface area contributed by atoms with Gasteiger partial charge in [-0.2, -0.15) is 0 Å². The van der Waals surface area contributed by atoms with E-state index >= 15 is 0 Å². The summed E-state index contributed by atoms with van der Waals surface area (Å²) in [5.74, 6) is 0.359. The van der Waals surface area contributed by atoms with E-state index < -0.39 is 10.0 Å². The number of anilines is 1. The van der Waals surface area contributed by atoms with Crippen LogP contribution in [-0.2, 0) is 23.1 Å². The number of nitrogens with two attached hydrogens (primary N) is 1. The van der Waals surface area contributed by atoms with Crippen LogP contribution in [-0.4, -0.2) is 28.3 Å². The van der Waals surface area contributed by atoms with Gasteiger partial charge in [0.25, 0.3) is 0 Å². The minimum Gasteiger partial charge on any atom is -0.506 e. The van der Waals surface area contributed by atoms with Crippen molar-refractivity contribution in [2.45, 2.75) is 24.9 Å². The molecule has 0 amide bonds. The number of rotatable bonds is 5. The molecular weight excluding hydrogens is 282 g/mol. The lowest BCUT2D eigenvalue weighted by Crippen LogP contribution is -2.25. The second-order valence-electron chi connectivity index (χ2n) is 4.08. The molecule has 0 aliphatic carbocycles. The highest BCUT2D eigenvalue weighted by atomic mass is 32.2. The number of nitrogens with one attached hydrogen (secondary N) is 1. The number of hydrogen-bond donors (Lipinski definition) is 3. The zero-order valence-corrected chi connectivity index (χ0v) is 11.6. The molecule has 0 spiro atoms. The summed E-state index contributed by atoms with van der Waals surface area (Å²) < 4.78 is 28.3. The maximum atomic E-state index is 12.1. The maximum absolute atomic E-state index is 12.1. The minimum absolute atomic E-state index is 0.00426. The van der Waals surface area contributed by atoms with Crippen LogP contribution < -0.4 is 10.5 Å². The van der Waals surface area contributed by atoms with Crippen LogP contribution in [0, 0.1) is 0 Å². The first-order valence-corrected chi connectivity index (χ1v) is 7.37. The Balaban J connectivity index is 2.17. The highest BCUT2D eigenvalue weighted by Crippen LogP contribution is 2.23. The van der Waals surface area contributed by atoms with Crippen molar-refractivity contribution >= 4 is 15.7 Å². The summed E-state index contributed by atoms with van der Waals surface area (Å²) in [5, 5.41) is 16.8. The molecule has 0 unspecified atom stereocenters. The lowest BCUT2D eigenvalue weighted by atomic mass is 10.3. The van der Waals surface area contributed by atoms with E-state index in [0.29, 0.717) is 12.4 Å². The van der Waals surface area contributed by atoms with E-state index in [4.69, 9.17) is 5.73 Å². The van der Waals surface area contributed by atoms with E-state index in [1.54, 1.807) is 4.57 Å². The highest BCUT2D eigenvalue weighted by molar-refractivity contribution is 7.89. The summed E-state index contributed by atoms with van der Waals surface area (Å²) in [4.78, 5) is -0.0182. The SMILES string of the molecule is CCn1cnnc1CNS(=O)(=O)c1ccc(O)c(N)c1. The fraction of sp³-hybridized carbons (Fsp3) is 0.273. The molecule has 0 fully saturated rings. The van der Waals surface area contributed by atoms with Crippen LogP contribution in [0.4, 0.5) is 5.69 Å². The smallest absolute Gasteiger partial charge is 0.241 e. The molecule has 4 N–H and O–H groups in total. The first-order chi connectivity index (χ1) is 9.44. The van der Waals surface area contributed by atoms with Gasteiger partial charge < -0.3 is 15.4 Å². The van der Waals surface area contributed by atoms with Crippen molar-refractivity contribution in [3.05, 3.63) is 30.4 Å². The first kappa shape index (κ1) is 14.3. The zero-order chi connectivity index (χ0) is 14.8. The Hall–Kier alpha value is -2.13. The van der Waals surface area contributed by atoms with Crippen molar-refractivity contribution in [2.75, 3.05) is 5.73 Å². The number of aromatic hydroxyl groups is 1. The molecule has 1 aromatic heterocycles. The number of hydrogen-bond acceptors (Lipinski definition) is 6. The van der Waals surface area contributed by atoms with Gasteiger partial charge in [0, 0.05) is 6.54 Å². The van der Waals surface area contributed by atoms with Gasteiger partial charge in [-0.25, -0.2) is 13.1 Å². The molecule has 1 aromatic carbocycles.